The molecule has 1 aliphatic carbocycles. The number of hydrogen-bond acceptors (Lipinski definition) is 2. The highest BCUT2D eigenvalue weighted by Gasteiger charge is 2.36. The summed E-state index contributed by atoms with van der Waals surface area (Å²) < 4.78 is 1.21. The quantitative estimate of drug-likeness (QED) is 0.885. The molecule has 1 aromatic heterocycles. The predicted octanol–water partition coefficient (Wildman–Crippen LogP) is 3.22. The number of halogens is 1. The summed E-state index contributed by atoms with van der Waals surface area (Å²) in [7, 11) is 0. The number of hydrogen-bond donors (Lipinski definition) is 1. The summed E-state index contributed by atoms with van der Waals surface area (Å²) in [6.07, 6.45) is 4.70. The largest absolute Gasteiger partial charge is 0.396 e. The zero-order valence-electron chi connectivity index (χ0n) is 7.42. The average molecular weight is 261 g/mol. The van der Waals surface area contributed by atoms with Crippen molar-refractivity contribution in [1.29, 1.82) is 0 Å². The van der Waals surface area contributed by atoms with Gasteiger partial charge in [0.25, 0.3) is 0 Å². The Morgan fingerprint density at radius 3 is 2.69 bits per heavy atom. The Hall–Kier alpha value is 0.140. The van der Waals surface area contributed by atoms with Crippen LogP contribution in [0.1, 0.15) is 24.1 Å². The van der Waals surface area contributed by atoms with E-state index in [4.69, 9.17) is 0 Å². The summed E-state index contributed by atoms with van der Waals surface area (Å²) in [6, 6.07) is 2.09. The molecule has 0 saturated heterocycles. The van der Waals surface area contributed by atoms with E-state index >= 15 is 0 Å². The van der Waals surface area contributed by atoms with Gasteiger partial charge in [0.15, 0.2) is 0 Å². The summed E-state index contributed by atoms with van der Waals surface area (Å²) in [4.78, 5) is 1.38. The third kappa shape index (κ3) is 1.83. The smallest absolute Gasteiger partial charge is 0.0490 e. The molecule has 0 bridgehead atoms. The summed E-state index contributed by atoms with van der Waals surface area (Å²) in [5.74, 6) is 0. The first-order valence-corrected chi connectivity index (χ1v) is 6.26. The fourth-order valence-corrected chi connectivity index (χ4v) is 3.53. The highest BCUT2D eigenvalue weighted by molar-refractivity contribution is 9.10. The molecule has 13 heavy (non-hydrogen) atoms. The van der Waals surface area contributed by atoms with Crippen molar-refractivity contribution in [3.05, 3.63) is 20.8 Å². The van der Waals surface area contributed by atoms with Crippen LogP contribution in [-0.4, -0.2) is 11.7 Å². The lowest BCUT2D eigenvalue weighted by Gasteiger charge is -2.40. The molecule has 1 saturated carbocycles. The SMILES string of the molecule is OCC1(Cc2sccc2Br)CCC1. The maximum absolute atomic E-state index is 9.32. The third-order valence-corrected chi connectivity index (χ3v) is 4.90. The molecule has 3 heteroatoms. The average Bonchev–Trinajstić information content (AvgIpc) is 2.44. The van der Waals surface area contributed by atoms with Gasteiger partial charge in [-0.15, -0.1) is 11.3 Å². The monoisotopic (exact) mass is 260 g/mol. The van der Waals surface area contributed by atoms with Gasteiger partial charge in [0.2, 0.25) is 0 Å². The van der Waals surface area contributed by atoms with Gasteiger partial charge >= 0.3 is 0 Å². The van der Waals surface area contributed by atoms with E-state index in [2.05, 4.69) is 27.4 Å². The van der Waals surface area contributed by atoms with Crippen LogP contribution in [0.2, 0.25) is 0 Å². The Morgan fingerprint density at radius 1 is 1.54 bits per heavy atom. The van der Waals surface area contributed by atoms with Gasteiger partial charge in [0.1, 0.15) is 0 Å². The summed E-state index contributed by atoms with van der Waals surface area (Å²) in [6.45, 7) is 0.345. The van der Waals surface area contributed by atoms with Crippen molar-refractivity contribution in [2.45, 2.75) is 25.7 Å². The zero-order chi connectivity index (χ0) is 9.31. The van der Waals surface area contributed by atoms with Gasteiger partial charge in [-0.1, -0.05) is 6.42 Å². The Balaban J connectivity index is 2.08. The van der Waals surface area contributed by atoms with Gasteiger partial charge in [0, 0.05) is 16.0 Å². The molecule has 1 nitrogen and oxygen atoms in total. The van der Waals surface area contributed by atoms with Crippen molar-refractivity contribution in [2.24, 2.45) is 5.41 Å². The minimum atomic E-state index is 0.216. The fraction of sp³-hybridized carbons (Fsp3) is 0.600. The minimum absolute atomic E-state index is 0.216. The zero-order valence-corrected chi connectivity index (χ0v) is 9.83. The number of aliphatic hydroxyl groups is 1. The van der Waals surface area contributed by atoms with Crippen LogP contribution in [0, 0.1) is 5.41 Å². The summed E-state index contributed by atoms with van der Waals surface area (Å²) in [5.41, 5.74) is 0.216. The molecule has 0 amide bonds. The van der Waals surface area contributed by atoms with Crippen molar-refractivity contribution >= 4 is 27.3 Å². The van der Waals surface area contributed by atoms with Gasteiger partial charge < -0.3 is 5.11 Å². The van der Waals surface area contributed by atoms with E-state index in [1.807, 2.05) is 0 Å². The number of rotatable bonds is 3. The maximum Gasteiger partial charge on any atom is 0.0490 e. The molecule has 72 valence electrons. The Kier molecular flexibility index (Phi) is 2.77. The van der Waals surface area contributed by atoms with E-state index in [1.54, 1.807) is 11.3 Å². The van der Waals surface area contributed by atoms with Crippen LogP contribution in [0.5, 0.6) is 0 Å². The molecule has 0 atom stereocenters. The molecule has 0 aromatic carbocycles. The van der Waals surface area contributed by atoms with Gasteiger partial charge in [-0.25, -0.2) is 0 Å². The van der Waals surface area contributed by atoms with E-state index in [-0.39, 0.29) is 5.41 Å². The molecule has 0 aliphatic heterocycles. The molecule has 0 unspecified atom stereocenters. The topological polar surface area (TPSA) is 20.2 Å². The number of aliphatic hydroxyl groups excluding tert-OH is 1. The van der Waals surface area contributed by atoms with Crippen LogP contribution in [-0.2, 0) is 6.42 Å². The lowest BCUT2D eigenvalue weighted by molar-refractivity contribution is 0.0457. The molecule has 1 fully saturated rings. The lowest BCUT2D eigenvalue weighted by Crippen LogP contribution is -2.35. The van der Waals surface area contributed by atoms with Crippen molar-refractivity contribution in [3.8, 4) is 0 Å². The normalized spacial score (nSPS) is 19.8. The van der Waals surface area contributed by atoms with Gasteiger partial charge in [-0.2, -0.15) is 0 Å². The molecular weight excluding hydrogens is 248 g/mol. The standard InChI is InChI=1S/C10H13BrOS/c11-8-2-5-13-9(8)6-10(7-12)3-1-4-10/h2,5,12H,1,3-4,6-7H2. The molecule has 1 N–H and O–H groups in total. The third-order valence-electron chi connectivity index (χ3n) is 2.98. The first kappa shape index (κ1) is 9.69. The minimum Gasteiger partial charge on any atom is -0.396 e. The molecule has 0 radical (unpaired) electrons. The molecule has 0 spiro atoms. The Labute approximate surface area is 90.9 Å². The highest BCUT2D eigenvalue weighted by atomic mass is 79.9. The van der Waals surface area contributed by atoms with Crippen LogP contribution < -0.4 is 0 Å². The van der Waals surface area contributed by atoms with Gasteiger partial charge in [0.05, 0.1) is 0 Å². The van der Waals surface area contributed by atoms with Crippen molar-refractivity contribution < 1.29 is 5.11 Å². The van der Waals surface area contributed by atoms with Gasteiger partial charge in [-0.3, -0.25) is 0 Å². The lowest BCUT2D eigenvalue weighted by atomic mass is 9.67. The Bertz CT molecular complexity index is 285. The first-order chi connectivity index (χ1) is 6.26. The van der Waals surface area contributed by atoms with Crippen molar-refractivity contribution in [3.63, 3.8) is 0 Å². The van der Waals surface area contributed by atoms with E-state index in [0.29, 0.717) is 6.61 Å². The summed E-state index contributed by atoms with van der Waals surface area (Å²) in [5, 5.41) is 11.4. The second-order valence-electron chi connectivity index (χ2n) is 3.88. The summed E-state index contributed by atoms with van der Waals surface area (Å²) >= 11 is 5.31. The van der Waals surface area contributed by atoms with Crippen LogP contribution >= 0.6 is 27.3 Å². The highest BCUT2D eigenvalue weighted by Crippen LogP contribution is 2.45. The van der Waals surface area contributed by atoms with Gasteiger partial charge in [-0.05, 0) is 52.1 Å². The molecule has 2 rings (SSSR count). The molecule has 1 aromatic rings. The van der Waals surface area contributed by atoms with Crippen LogP contribution in [0.3, 0.4) is 0 Å². The van der Waals surface area contributed by atoms with E-state index in [1.165, 1.54) is 28.6 Å². The Morgan fingerprint density at radius 2 is 2.31 bits per heavy atom. The number of thiophene rings is 1. The second-order valence-corrected chi connectivity index (χ2v) is 5.74. The van der Waals surface area contributed by atoms with Crippen molar-refractivity contribution in [1.82, 2.24) is 0 Å². The first-order valence-electron chi connectivity index (χ1n) is 4.58. The molecular formula is C10H13BrOS. The predicted molar refractivity (Wildman–Crippen MR) is 59.1 cm³/mol. The van der Waals surface area contributed by atoms with E-state index in [9.17, 15) is 5.11 Å². The van der Waals surface area contributed by atoms with E-state index < -0.39 is 0 Å². The second kappa shape index (κ2) is 3.71. The van der Waals surface area contributed by atoms with Crippen LogP contribution in [0.15, 0.2) is 15.9 Å². The fourth-order valence-electron chi connectivity index (χ4n) is 1.86. The molecule has 1 aliphatic rings. The van der Waals surface area contributed by atoms with Crippen LogP contribution in [0.25, 0.3) is 0 Å². The van der Waals surface area contributed by atoms with Crippen molar-refractivity contribution in [2.75, 3.05) is 6.61 Å². The van der Waals surface area contributed by atoms with Crippen LogP contribution in [0.4, 0.5) is 0 Å². The molecule has 1 heterocycles. The maximum atomic E-state index is 9.32. The van der Waals surface area contributed by atoms with E-state index in [0.717, 1.165) is 6.42 Å².